The predicted octanol–water partition coefficient (Wildman–Crippen LogP) is 2.09. The van der Waals surface area contributed by atoms with E-state index in [2.05, 4.69) is 20.4 Å². The standard InChI is InChI=1S/C22H25FN6O2/c1-31-20-9-2-17(3-10-20)4-11-22(30)28-14-12-27(13-15-28)16-21-24-25-26-29(21)19-7-5-18(23)6-8-19/h2-3,5-10H,4,11-16H2,1H3. The molecule has 0 unspecified atom stereocenters. The normalized spacial score (nSPS) is 14.6. The highest BCUT2D eigenvalue weighted by atomic mass is 19.1. The molecule has 2 aromatic carbocycles. The van der Waals surface area contributed by atoms with Crippen molar-refractivity contribution in [2.24, 2.45) is 0 Å². The summed E-state index contributed by atoms with van der Waals surface area (Å²) in [6.45, 7) is 3.44. The van der Waals surface area contributed by atoms with Crippen molar-refractivity contribution in [1.29, 1.82) is 0 Å². The van der Waals surface area contributed by atoms with E-state index in [-0.39, 0.29) is 11.7 Å². The number of aryl methyl sites for hydroxylation is 1. The molecule has 0 N–H and O–H groups in total. The third-order valence-corrected chi connectivity index (χ3v) is 5.48. The number of halogens is 1. The van der Waals surface area contributed by atoms with Crippen molar-refractivity contribution in [1.82, 2.24) is 30.0 Å². The van der Waals surface area contributed by atoms with Gasteiger partial charge in [-0.05, 0) is 58.8 Å². The molecule has 9 heteroatoms. The maximum absolute atomic E-state index is 13.2. The van der Waals surface area contributed by atoms with Crippen LogP contribution in [-0.2, 0) is 17.8 Å². The van der Waals surface area contributed by atoms with Gasteiger partial charge < -0.3 is 9.64 Å². The van der Waals surface area contributed by atoms with E-state index in [9.17, 15) is 9.18 Å². The lowest BCUT2D eigenvalue weighted by Gasteiger charge is -2.34. The van der Waals surface area contributed by atoms with Crippen molar-refractivity contribution < 1.29 is 13.9 Å². The number of hydrogen-bond acceptors (Lipinski definition) is 6. The van der Waals surface area contributed by atoms with Crippen LogP contribution in [0.4, 0.5) is 4.39 Å². The third kappa shape index (κ3) is 5.24. The number of benzene rings is 2. The molecule has 0 bridgehead atoms. The number of aromatic nitrogens is 4. The minimum Gasteiger partial charge on any atom is -0.497 e. The van der Waals surface area contributed by atoms with Crippen LogP contribution in [0.3, 0.4) is 0 Å². The molecule has 4 rings (SSSR count). The molecule has 1 fully saturated rings. The van der Waals surface area contributed by atoms with Crippen LogP contribution in [0.5, 0.6) is 5.75 Å². The Kier molecular flexibility index (Phi) is 6.51. The monoisotopic (exact) mass is 424 g/mol. The van der Waals surface area contributed by atoms with Gasteiger partial charge in [0, 0.05) is 32.6 Å². The van der Waals surface area contributed by atoms with Crippen molar-refractivity contribution in [3.63, 3.8) is 0 Å². The molecular weight excluding hydrogens is 399 g/mol. The van der Waals surface area contributed by atoms with Crippen LogP contribution in [0, 0.1) is 5.82 Å². The van der Waals surface area contributed by atoms with Crippen molar-refractivity contribution in [2.75, 3.05) is 33.3 Å². The van der Waals surface area contributed by atoms with Gasteiger partial charge in [-0.3, -0.25) is 9.69 Å². The number of carbonyl (C=O) groups is 1. The second kappa shape index (κ2) is 9.65. The number of ether oxygens (including phenoxy) is 1. The summed E-state index contributed by atoms with van der Waals surface area (Å²) in [5.41, 5.74) is 1.84. The molecule has 0 spiro atoms. The summed E-state index contributed by atoms with van der Waals surface area (Å²) in [4.78, 5) is 16.7. The first-order valence-corrected chi connectivity index (χ1v) is 10.3. The van der Waals surface area contributed by atoms with Crippen LogP contribution in [0.25, 0.3) is 5.69 Å². The average molecular weight is 424 g/mol. The first-order valence-electron chi connectivity index (χ1n) is 10.3. The van der Waals surface area contributed by atoms with Crippen LogP contribution in [0.1, 0.15) is 17.8 Å². The van der Waals surface area contributed by atoms with Gasteiger partial charge in [-0.2, -0.15) is 4.68 Å². The number of carbonyl (C=O) groups excluding carboxylic acids is 1. The smallest absolute Gasteiger partial charge is 0.222 e. The Morgan fingerprint density at radius 2 is 1.74 bits per heavy atom. The molecule has 1 aliphatic rings. The molecule has 1 aliphatic heterocycles. The van der Waals surface area contributed by atoms with Gasteiger partial charge >= 0.3 is 0 Å². The Bertz CT molecular complexity index is 998. The summed E-state index contributed by atoms with van der Waals surface area (Å²) in [6, 6.07) is 13.9. The SMILES string of the molecule is COc1ccc(CCC(=O)N2CCN(Cc3nnnn3-c3ccc(F)cc3)CC2)cc1. The fourth-order valence-electron chi connectivity index (χ4n) is 3.64. The van der Waals surface area contributed by atoms with E-state index in [1.165, 1.54) is 12.1 Å². The van der Waals surface area contributed by atoms with Crippen LogP contribution in [0.15, 0.2) is 48.5 Å². The topological polar surface area (TPSA) is 76.4 Å². The van der Waals surface area contributed by atoms with Gasteiger partial charge in [-0.15, -0.1) is 5.10 Å². The fourth-order valence-corrected chi connectivity index (χ4v) is 3.64. The highest BCUT2D eigenvalue weighted by Gasteiger charge is 2.22. The highest BCUT2D eigenvalue weighted by Crippen LogP contribution is 2.15. The fraction of sp³-hybridized carbons (Fsp3) is 0.364. The van der Waals surface area contributed by atoms with E-state index in [1.807, 2.05) is 29.2 Å². The summed E-state index contributed by atoms with van der Waals surface area (Å²) in [7, 11) is 1.64. The molecule has 1 saturated heterocycles. The molecule has 2 heterocycles. The lowest BCUT2D eigenvalue weighted by atomic mass is 10.1. The van der Waals surface area contributed by atoms with Gasteiger partial charge in [0.25, 0.3) is 0 Å². The van der Waals surface area contributed by atoms with Crippen molar-refractivity contribution in [2.45, 2.75) is 19.4 Å². The number of amides is 1. The van der Waals surface area contributed by atoms with E-state index >= 15 is 0 Å². The molecule has 0 radical (unpaired) electrons. The minimum absolute atomic E-state index is 0.173. The summed E-state index contributed by atoms with van der Waals surface area (Å²) >= 11 is 0. The molecule has 162 valence electrons. The summed E-state index contributed by atoms with van der Waals surface area (Å²) < 4.78 is 20.0. The number of piperazine rings is 1. The van der Waals surface area contributed by atoms with Gasteiger partial charge in [0.15, 0.2) is 5.82 Å². The van der Waals surface area contributed by atoms with E-state index in [0.717, 1.165) is 30.8 Å². The lowest BCUT2D eigenvalue weighted by Crippen LogP contribution is -2.48. The quantitative estimate of drug-likeness (QED) is 0.578. The zero-order valence-corrected chi connectivity index (χ0v) is 17.4. The van der Waals surface area contributed by atoms with Gasteiger partial charge in [0.1, 0.15) is 11.6 Å². The second-order valence-electron chi connectivity index (χ2n) is 7.49. The molecule has 31 heavy (non-hydrogen) atoms. The Morgan fingerprint density at radius 3 is 2.42 bits per heavy atom. The number of tetrazole rings is 1. The van der Waals surface area contributed by atoms with Gasteiger partial charge in [0.05, 0.1) is 19.3 Å². The summed E-state index contributed by atoms with van der Waals surface area (Å²) in [5.74, 6) is 1.38. The van der Waals surface area contributed by atoms with Crippen LogP contribution < -0.4 is 4.74 Å². The molecule has 0 aliphatic carbocycles. The molecule has 0 atom stereocenters. The Hall–Kier alpha value is -3.33. The van der Waals surface area contributed by atoms with Crippen LogP contribution in [0.2, 0.25) is 0 Å². The minimum atomic E-state index is -0.300. The average Bonchev–Trinajstić information content (AvgIpc) is 3.27. The van der Waals surface area contributed by atoms with Gasteiger partial charge in [-0.25, -0.2) is 4.39 Å². The zero-order chi connectivity index (χ0) is 21.6. The Morgan fingerprint density at radius 1 is 1.03 bits per heavy atom. The number of rotatable bonds is 7. The maximum atomic E-state index is 13.2. The number of hydrogen-bond donors (Lipinski definition) is 0. The first-order chi connectivity index (χ1) is 15.1. The predicted molar refractivity (Wildman–Crippen MR) is 112 cm³/mol. The largest absolute Gasteiger partial charge is 0.497 e. The van der Waals surface area contributed by atoms with Crippen LogP contribution >= 0.6 is 0 Å². The van der Waals surface area contributed by atoms with E-state index in [0.29, 0.717) is 37.6 Å². The molecular formula is C22H25FN6O2. The zero-order valence-electron chi connectivity index (χ0n) is 17.4. The summed E-state index contributed by atoms with van der Waals surface area (Å²) in [5, 5.41) is 11.9. The van der Waals surface area contributed by atoms with E-state index in [4.69, 9.17) is 4.74 Å². The Balaban J connectivity index is 1.26. The maximum Gasteiger partial charge on any atom is 0.222 e. The van der Waals surface area contributed by atoms with Gasteiger partial charge in [0.2, 0.25) is 5.91 Å². The first kappa shape index (κ1) is 20.9. The van der Waals surface area contributed by atoms with Crippen molar-refractivity contribution in [3.8, 4) is 11.4 Å². The second-order valence-corrected chi connectivity index (χ2v) is 7.49. The lowest BCUT2D eigenvalue weighted by molar-refractivity contribution is -0.133. The number of methoxy groups -OCH3 is 1. The molecule has 0 saturated carbocycles. The van der Waals surface area contributed by atoms with Crippen molar-refractivity contribution >= 4 is 5.91 Å². The molecule has 8 nitrogen and oxygen atoms in total. The molecule has 1 amide bonds. The molecule has 1 aromatic heterocycles. The van der Waals surface area contributed by atoms with E-state index in [1.54, 1.807) is 23.9 Å². The highest BCUT2D eigenvalue weighted by molar-refractivity contribution is 5.76. The Labute approximate surface area is 180 Å². The van der Waals surface area contributed by atoms with Gasteiger partial charge in [-0.1, -0.05) is 12.1 Å². The van der Waals surface area contributed by atoms with Crippen molar-refractivity contribution in [3.05, 3.63) is 65.7 Å². The molecule has 3 aromatic rings. The number of nitrogens with zero attached hydrogens (tertiary/aromatic N) is 6. The van der Waals surface area contributed by atoms with E-state index < -0.39 is 0 Å². The third-order valence-electron chi connectivity index (χ3n) is 5.48. The van der Waals surface area contributed by atoms with Crippen LogP contribution in [-0.4, -0.2) is 69.2 Å². The summed E-state index contributed by atoms with van der Waals surface area (Å²) in [6.07, 6.45) is 1.21.